The zero-order valence-corrected chi connectivity index (χ0v) is 26.1. The molecule has 0 radical (unpaired) electrons. The first kappa shape index (κ1) is 29.0. The topological polar surface area (TPSA) is 77.3 Å². The first-order valence-corrected chi connectivity index (χ1v) is 16.0. The Labute approximate surface area is 279 Å². The summed E-state index contributed by atoms with van der Waals surface area (Å²) in [5, 5.41) is 0. The van der Waals surface area contributed by atoms with E-state index in [-0.39, 0.29) is 5.92 Å². The standard InChI is InChI=1S/C42H30N6/c1-7-19-43-35(13-1)31-25-29(26-32(36-14-2-8-20-44-36)41(31)39-17-5-11-23-47-39)30-27-33(37-15-3-9-21-45-37)42(40-18-6-12-24-48-40)34(28-30)38-16-4-10-22-46-38/h1-27,30H,28H2. The third-order valence-corrected chi connectivity index (χ3v) is 8.59. The molecule has 0 saturated carbocycles. The van der Waals surface area contributed by atoms with Crippen molar-refractivity contribution in [3.05, 3.63) is 187 Å². The SMILES string of the molecule is C1=C(c2ccccn2)C(c2ccccn2)=C(c2ccccn2)CC1c1cc(-c2ccccn2)c(-c2ccccn2)c(-c2ccccn2)c1. The quantitative estimate of drug-likeness (QED) is 0.177. The lowest BCUT2D eigenvalue weighted by atomic mass is 9.76. The van der Waals surface area contributed by atoms with Gasteiger partial charge >= 0.3 is 0 Å². The van der Waals surface area contributed by atoms with Gasteiger partial charge in [0.15, 0.2) is 0 Å². The second kappa shape index (κ2) is 13.1. The second-order valence-electron chi connectivity index (χ2n) is 11.5. The molecule has 0 spiro atoms. The van der Waals surface area contributed by atoms with Gasteiger partial charge in [-0.05, 0) is 102 Å². The van der Waals surface area contributed by atoms with Crippen LogP contribution in [0.15, 0.2) is 165 Å². The summed E-state index contributed by atoms with van der Waals surface area (Å²) in [5.41, 5.74) is 12.6. The van der Waals surface area contributed by atoms with Gasteiger partial charge in [-0.3, -0.25) is 29.9 Å². The van der Waals surface area contributed by atoms with E-state index in [1.807, 2.05) is 110 Å². The molecule has 6 heteroatoms. The lowest BCUT2D eigenvalue weighted by Gasteiger charge is -2.28. The summed E-state index contributed by atoms with van der Waals surface area (Å²) in [6.07, 6.45) is 14.1. The predicted octanol–water partition coefficient (Wildman–Crippen LogP) is 9.24. The summed E-state index contributed by atoms with van der Waals surface area (Å²) in [4.78, 5) is 29.0. The Morgan fingerprint density at radius 1 is 0.417 bits per heavy atom. The van der Waals surface area contributed by atoms with Crippen LogP contribution in [0, 0.1) is 0 Å². The van der Waals surface area contributed by atoms with Gasteiger partial charge in [0, 0.05) is 70.9 Å². The summed E-state index contributed by atoms with van der Waals surface area (Å²) in [6.45, 7) is 0. The average Bonchev–Trinajstić information content (AvgIpc) is 3.19. The normalized spacial score (nSPS) is 14.4. The van der Waals surface area contributed by atoms with Crippen LogP contribution in [0.2, 0.25) is 0 Å². The van der Waals surface area contributed by atoms with Gasteiger partial charge in [0.05, 0.1) is 34.2 Å². The van der Waals surface area contributed by atoms with E-state index in [9.17, 15) is 0 Å². The van der Waals surface area contributed by atoms with E-state index in [4.69, 9.17) is 29.9 Å². The van der Waals surface area contributed by atoms with Crippen molar-refractivity contribution in [2.75, 3.05) is 0 Å². The molecular weight excluding hydrogens is 589 g/mol. The highest BCUT2D eigenvalue weighted by Gasteiger charge is 2.30. The van der Waals surface area contributed by atoms with E-state index in [1.54, 1.807) is 0 Å². The fraction of sp³-hybridized carbons (Fsp3) is 0.0476. The summed E-state index contributed by atoms with van der Waals surface area (Å²) in [7, 11) is 0. The van der Waals surface area contributed by atoms with Crippen LogP contribution >= 0.6 is 0 Å². The second-order valence-corrected chi connectivity index (χ2v) is 11.5. The Morgan fingerprint density at radius 2 is 0.833 bits per heavy atom. The molecule has 1 atom stereocenters. The highest BCUT2D eigenvalue weighted by molar-refractivity contribution is 6.15. The molecule has 0 N–H and O–H groups in total. The number of aromatic nitrogens is 6. The maximum Gasteiger partial charge on any atom is 0.0715 e. The van der Waals surface area contributed by atoms with Gasteiger partial charge in [0.2, 0.25) is 0 Å². The van der Waals surface area contributed by atoms with E-state index in [1.165, 1.54) is 0 Å². The molecular formula is C42H30N6. The molecule has 1 aromatic carbocycles. The van der Waals surface area contributed by atoms with Crippen LogP contribution in [-0.2, 0) is 0 Å². The maximum absolute atomic E-state index is 4.86. The first-order valence-electron chi connectivity index (χ1n) is 16.0. The highest BCUT2D eigenvalue weighted by Crippen LogP contribution is 2.48. The van der Waals surface area contributed by atoms with Crippen LogP contribution < -0.4 is 0 Å². The molecule has 48 heavy (non-hydrogen) atoms. The minimum atomic E-state index is -0.0193. The fourth-order valence-corrected chi connectivity index (χ4v) is 6.47. The van der Waals surface area contributed by atoms with Crippen LogP contribution in [0.4, 0.5) is 0 Å². The van der Waals surface area contributed by atoms with Crippen molar-refractivity contribution in [1.82, 2.24) is 29.9 Å². The third kappa shape index (κ3) is 5.72. The van der Waals surface area contributed by atoms with Crippen molar-refractivity contribution in [1.29, 1.82) is 0 Å². The molecule has 0 bridgehead atoms. The van der Waals surface area contributed by atoms with Crippen LogP contribution in [-0.4, -0.2) is 29.9 Å². The highest BCUT2D eigenvalue weighted by atomic mass is 14.7. The van der Waals surface area contributed by atoms with E-state index in [0.717, 1.165) is 73.1 Å². The molecule has 0 fully saturated rings. The maximum atomic E-state index is 4.86. The van der Waals surface area contributed by atoms with E-state index >= 15 is 0 Å². The summed E-state index contributed by atoms with van der Waals surface area (Å²) in [5.74, 6) is -0.0193. The number of benzene rings is 1. The Bertz CT molecular complexity index is 2160. The average molecular weight is 619 g/mol. The van der Waals surface area contributed by atoms with Crippen LogP contribution in [0.3, 0.4) is 0 Å². The van der Waals surface area contributed by atoms with Crippen molar-refractivity contribution in [3.63, 3.8) is 0 Å². The summed E-state index contributed by atoms with van der Waals surface area (Å²) >= 11 is 0. The van der Waals surface area contributed by atoms with Gasteiger partial charge in [-0.1, -0.05) is 42.5 Å². The zero-order chi connectivity index (χ0) is 32.1. The van der Waals surface area contributed by atoms with Crippen molar-refractivity contribution in [2.24, 2.45) is 0 Å². The first-order chi connectivity index (χ1) is 23.8. The molecule has 0 saturated heterocycles. The minimum Gasteiger partial charge on any atom is -0.257 e. The van der Waals surface area contributed by atoms with Crippen LogP contribution in [0.5, 0.6) is 0 Å². The number of hydrogen-bond donors (Lipinski definition) is 0. The lowest BCUT2D eigenvalue weighted by Crippen LogP contribution is -2.11. The van der Waals surface area contributed by atoms with Gasteiger partial charge in [-0.15, -0.1) is 0 Å². The zero-order valence-electron chi connectivity index (χ0n) is 26.1. The van der Waals surface area contributed by atoms with Gasteiger partial charge in [-0.25, -0.2) is 0 Å². The van der Waals surface area contributed by atoms with Crippen LogP contribution in [0.1, 0.15) is 35.0 Å². The molecule has 6 aromatic heterocycles. The fourth-order valence-electron chi connectivity index (χ4n) is 6.47. The Balaban J connectivity index is 1.41. The molecule has 1 aliphatic carbocycles. The molecule has 6 nitrogen and oxygen atoms in total. The van der Waals surface area contributed by atoms with Crippen molar-refractivity contribution in [3.8, 4) is 33.8 Å². The van der Waals surface area contributed by atoms with Gasteiger partial charge in [-0.2, -0.15) is 0 Å². The number of pyridine rings is 6. The number of rotatable bonds is 7. The Kier molecular flexibility index (Phi) is 7.95. The monoisotopic (exact) mass is 618 g/mol. The molecule has 228 valence electrons. The molecule has 1 unspecified atom stereocenters. The van der Waals surface area contributed by atoms with Gasteiger partial charge in [0.25, 0.3) is 0 Å². The summed E-state index contributed by atoms with van der Waals surface area (Å²) < 4.78 is 0. The number of allylic oxidation sites excluding steroid dienone is 4. The minimum absolute atomic E-state index is 0.0193. The van der Waals surface area contributed by atoms with E-state index < -0.39 is 0 Å². The molecule has 7 aromatic rings. The van der Waals surface area contributed by atoms with Crippen molar-refractivity contribution < 1.29 is 0 Å². The van der Waals surface area contributed by atoms with Gasteiger partial charge < -0.3 is 0 Å². The molecule has 6 heterocycles. The summed E-state index contributed by atoms with van der Waals surface area (Å²) in [6, 6.07) is 40.8. The predicted molar refractivity (Wildman–Crippen MR) is 191 cm³/mol. The molecule has 0 aliphatic heterocycles. The number of hydrogen-bond acceptors (Lipinski definition) is 6. The smallest absolute Gasteiger partial charge is 0.0715 e. The molecule has 0 amide bonds. The van der Waals surface area contributed by atoms with Crippen molar-refractivity contribution in [2.45, 2.75) is 12.3 Å². The van der Waals surface area contributed by atoms with Crippen molar-refractivity contribution >= 4 is 16.7 Å². The Hall–Kier alpha value is -6.40. The molecule has 8 rings (SSSR count). The number of nitrogens with zero attached hydrogens (tertiary/aromatic N) is 6. The Morgan fingerprint density at radius 3 is 1.29 bits per heavy atom. The third-order valence-electron chi connectivity index (χ3n) is 8.59. The largest absolute Gasteiger partial charge is 0.257 e. The van der Waals surface area contributed by atoms with E-state index in [2.05, 4.69) is 54.6 Å². The van der Waals surface area contributed by atoms with Crippen LogP contribution in [0.25, 0.3) is 50.5 Å². The molecule has 1 aliphatic rings. The van der Waals surface area contributed by atoms with E-state index in [0.29, 0.717) is 6.42 Å². The lowest BCUT2D eigenvalue weighted by molar-refractivity contribution is 0.867. The van der Waals surface area contributed by atoms with Gasteiger partial charge in [0.1, 0.15) is 0 Å².